The van der Waals surface area contributed by atoms with Crippen LogP contribution in [-0.2, 0) is 0 Å². The average Bonchev–Trinajstić information content (AvgIpc) is 2.67. The van der Waals surface area contributed by atoms with E-state index in [0.717, 1.165) is 27.4 Å². The highest BCUT2D eigenvalue weighted by Crippen LogP contribution is 2.35. The number of methoxy groups -OCH3 is 1. The lowest BCUT2D eigenvalue weighted by molar-refractivity contribution is 0.415. The summed E-state index contributed by atoms with van der Waals surface area (Å²) in [6.45, 7) is 6.27. The van der Waals surface area contributed by atoms with Gasteiger partial charge in [-0.05, 0) is 46.5 Å². The molecule has 3 nitrogen and oxygen atoms in total. The second kappa shape index (κ2) is 5.14. The minimum absolute atomic E-state index is 0.484. The Labute approximate surface area is 116 Å². The third-order valence-electron chi connectivity index (χ3n) is 2.93. The highest BCUT2D eigenvalue weighted by molar-refractivity contribution is 9.10. The van der Waals surface area contributed by atoms with Crippen LogP contribution in [0.15, 0.2) is 22.8 Å². The van der Waals surface area contributed by atoms with Crippen LogP contribution in [0.3, 0.4) is 0 Å². The van der Waals surface area contributed by atoms with Crippen molar-refractivity contribution in [1.82, 2.24) is 9.97 Å². The zero-order chi connectivity index (χ0) is 13.3. The summed E-state index contributed by atoms with van der Waals surface area (Å²) >= 11 is 3.49. The molecule has 0 saturated carbocycles. The van der Waals surface area contributed by atoms with Crippen LogP contribution in [0.2, 0.25) is 0 Å². The van der Waals surface area contributed by atoms with E-state index in [9.17, 15) is 0 Å². The molecule has 0 aliphatic rings. The topological polar surface area (TPSA) is 37.9 Å². The summed E-state index contributed by atoms with van der Waals surface area (Å²) in [5.41, 5.74) is 3.15. The van der Waals surface area contributed by atoms with Gasteiger partial charge in [-0.3, -0.25) is 0 Å². The number of hydrogen-bond donors (Lipinski definition) is 1. The summed E-state index contributed by atoms with van der Waals surface area (Å²) in [6.07, 6.45) is 0. The largest absolute Gasteiger partial charge is 0.496 e. The molecular weight excluding hydrogens is 292 g/mol. The fourth-order valence-corrected chi connectivity index (χ4v) is 2.49. The first-order chi connectivity index (χ1) is 8.52. The van der Waals surface area contributed by atoms with Crippen LogP contribution in [0.4, 0.5) is 0 Å². The van der Waals surface area contributed by atoms with Crippen LogP contribution in [0.25, 0.3) is 11.3 Å². The first-order valence-electron chi connectivity index (χ1n) is 5.93. The van der Waals surface area contributed by atoms with E-state index < -0.39 is 0 Å². The maximum atomic E-state index is 5.48. The minimum Gasteiger partial charge on any atom is -0.496 e. The van der Waals surface area contributed by atoms with E-state index in [4.69, 9.17) is 4.74 Å². The second-order valence-electron chi connectivity index (χ2n) is 4.60. The lowest BCUT2D eigenvalue weighted by atomic mass is 10.00. The Hall–Kier alpha value is -1.29. The number of imidazole rings is 1. The predicted molar refractivity (Wildman–Crippen MR) is 77.1 cm³/mol. The molecule has 1 aromatic carbocycles. The van der Waals surface area contributed by atoms with E-state index in [1.807, 2.05) is 6.92 Å². The van der Waals surface area contributed by atoms with Gasteiger partial charge in [-0.25, -0.2) is 4.98 Å². The van der Waals surface area contributed by atoms with Crippen molar-refractivity contribution in [3.63, 3.8) is 0 Å². The fourth-order valence-electron chi connectivity index (χ4n) is 1.90. The number of hydrogen-bond acceptors (Lipinski definition) is 2. The molecule has 2 aromatic rings. The Bertz CT molecular complexity index is 561. The number of halogens is 1. The molecule has 0 unspecified atom stereocenters. The quantitative estimate of drug-likeness (QED) is 0.919. The second-order valence-corrected chi connectivity index (χ2v) is 5.39. The molecule has 4 heteroatoms. The van der Waals surface area contributed by atoms with Gasteiger partial charge in [-0.2, -0.15) is 0 Å². The fraction of sp³-hybridized carbons (Fsp3) is 0.357. The number of rotatable bonds is 3. The van der Waals surface area contributed by atoms with Gasteiger partial charge in [0, 0.05) is 5.56 Å². The molecule has 0 radical (unpaired) electrons. The summed E-state index contributed by atoms with van der Waals surface area (Å²) in [7, 11) is 1.69. The monoisotopic (exact) mass is 308 g/mol. The van der Waals surface area contributed by atoms with Crippen LogP contribution in [0, 0.1) is 6.92 Å². The highest BCUT2D eigenvalue weighted by Gasteiger charge is 2.14. The van der Waals surface area contributed by atoms with Crippen molar-refractivity contribution >= 4 is 15.9 Å². The molecule has 0 atom stereocenters. The zero-order valence-electron chi connectivity index (χ0n) is 11.0. The van der Waals surface area contributed by atoms with Crippen LogP contribution in [-0.4, -0.2) is 17.1 Å². The highest BCUT2D eigenvalue weighted by atomic mass is 79.9. The Balaban J connectivity index is 2.54. The summed E-state index contributed by atoms with van der Waals surface area (Å²) in [6, 6.07) is 6.27. The van der Waals surface area contributed by atoms with Gasteiger partial charge in [0.1, 0.15) is 21.9 Å². The van der Waals surface area contributed by atoms with E-state index in [2.05, 4.69) is 57.9 Å². The molecule has 0 amide bonds. The molecule has 0 aliphatic carbocycles. The summed E-state index contributed by atoms with van der Waals surface area (Å²) in [4.78, 5) is 7.63. The third-order valence-corrected chi connectivity index (χ3v) is 3.50. The van der Waals surface area contributed by atoms with Crippen LogP contribution >= 0.6 is 15.9 Å². The standard InChI is InChI=1S/C14H17BrN2O/c1-8(2)10-5-6-11(12(7-10)18-4)13-14(15)17-9(3)16-13/h5-8H,1-4H3,(H,16,17). The number of benzene rings is 1. The number of aromatic nitrogens is 2. The molecule has 1 aromatic heterocycles. The van der Waals surface area contributed by atoms with Gasteiger partial charge in [0.25, 0.3) is 0 Å². The Morgan fingerprint density at radius 3 is 2.56 bits per heavy atom. The average molecular weight is 309 g/mol. The number of aromatic amines is 1. The number of nitrogens with one attached hydrogen (secondary N) is 1. The van der Waals surface area contributed by atoms with Crippen LogP contribution in [0.5, 0.6) is 5.75 Å². The predicted octanol–water partition coefficient (Wildman–Crippen LogP) is 4.28. The Kier molecular flexibility index (Phi) is 3.76. The van der Waals surface area contributed by atoms with Gasteiger partial charge in [-0.1, -0.05) is 19.9 Å². The van der Waals surface area contributed by atoms with Crippen molar-refractivity contribution in [1.29, 1.82) is 0 Å². The van der Waals surface area contributed by atoms with Crippen molar-refractivity contribution in [2.24, 2.45) is 0 Å². The smallest absolute Gasteiger partial charge is 0.128 e. The Morgan fingerprint density at radius 1 is 1.33 bits per heavy atom. The van der Waals surface area contributed by atoms with E-state index >= 15 is 0 Å². The maximum absolute atomic E-state index is 5.48. The number of H-pyrrole nitrogens is 1. The summed E-state index contributed by atoms with van der Waals surface area (Å²) < 4.78 is 6.36. The molecule has 2 rings (SSSR count). The van der Waals surface area contributed by atoms with E-state index in [1.165, 1.54) is 5.56 Å². The van der Waals surface area contributed by atoms with Gasteiger partial charge >= 0.3 is 0 Å². The van der Waals surface area contributed by atoms with Crippen LogP contribution in [0.1, 0.15) is 31.2 Å². The third kappa shape index (κ3) is 2.43. The zero-order valence-corrected chi connectivity index (χ0v) is 12.6. The molecule has 1 heterocycles. The van der Waals surface area contributed by atoms with Gasteiger partial charge in [0.05, 0.1) is 7.11 Å². The molecule has 0 aliphatic heterocycles. The normalized spacial score (nSPS) is 11.0. The molecular formula is C14H17BrN2O. The van der Waals surface area contributed by atoms with Crippen molar-refractivity contribution in [2.45, 2.75) is 26.7 Å². The molecule has 0 saturated heterocycles. The van der Waals surface area contributed by atoms with Gasteiger partial charge in [0.15, 0.2) is 0 Å². The SMILES string of the molecule is COc1cc(C(C)C)ccc1-c1nc(C)[nH]c1Br. The van der Waals surface area contributed by atoms with E-state index in [0.29, 0.717) is 5.92 Å². The van der Waals surface area contributed by atoms with E-state index in [1.54, 1.807) is 7.11 Å². The van der Waals surface area contributed by atoms with Gasteiger partial charge in [0.2, 0.25) is 0 Å². The first-order valence-corrected chi connectivity index (χ1v) is 6.72. The summed E-state index contributed by atoms with van der Waals surface area (Å²) in [5, 5.41) is 0. The minimum atomic E-state index is 0.484. The maximum Gasteiger partial charge on any atom is 0.128 e. The van der Waals surface area contributed by atoms with Crippen molar-refractivity contribution in [2.75, 3.05) is 7.11 Å². The Morgan fingerprint density at radius 2 is 2.06 bits per heavy atom. The summed E-state index contributed by atoms with van der Waals surface area (Å²) in [5.74, 6) is 2.22. The molecule has 0 fully saturated rings. The molecule has 1 N–H and O–H groups in total. The van der Waals surface area contributed by atoms with Crippen molar-refractivity contribution in [3.8, 4) is 17.0 Å². The van der Waals surface area contributed by atoms with Crippen LogP contribution < -0.4 is 4.74 Å². The first kappa shape index (κ1) is 13.1. The van der Waals surface area contributed by atoms with E-state index in [-0.39, 0.29) is 0 Å². The van der Waals surface area contributed by atoms with Crippen molar-refractivity contribution < 1.29 is 4.74 Å². The molecule has 96 valence electrons. The van der Waals surface area contributed by atoms with Gasteiger partial charge < -0.3 is 9.72 Å². The van der Waals surface area contributed by atoms with Gasteiger partial charge in [-0.15, -0.1) is 0 Å². The lowest BCUT2D eigenvalue weighted by Gasteiger charge is -2.11. The number of nitrogens with zero attached hydrogens (tertiary/aromatic N) is 1. The van der Waals surface area contributed by atoms with Crippen molar-refractivity contribution in [3.05, 3.63) is 34.2 Å². The molecule has 0 spiro atoms. The lowest BCUT2D eigenvalue weighted by Crippen LogP contribution is -1.93. The molecule has 0 bridgehead atoms. The number of ether oxygens (including phenoxy) is 1. The number of aryl methyl sites for hydroxylation is 1. The molecule has 18 heavy (non-hydrogen) atoms.